The first-order valence-corrected chi connectivity index (χ1v) is 9.10. The van der Waals surface area contributed by atoms with Gasteiger partial charge in [-0.25, -0.2) is 4.79 Å². The van der Waals surface area contributed by atoms with Crippen LogP contribution >= 0.6 is 0 Å². The Morgan fingerprint density at radius 3 is 2.67 bits per heavy atom. The molecule has 2 N–H and O–H groups in total. The van der Waals surface area contributed by atoms with Crippen LogP contribution in [0.2, 0.25) is 0 Å². The van der Waals surface area contributed by atoms with E-state index in [1.54, 1.807) is 0 Å². The summed E-state index contributed by atoms with van der Waals surface area (Å²) in [6.45, 7) is 3.46. The van der Waals surface area contributed by atoms with E-state index in [0.717, 1.165) is 38.7 Å². The summed E-state index contributed by atoms with van der Waals surface area (Å²) < 4.78 is 11.8. The fraction of sp³-hybridized carbons (Fsp3) is 0.632. The number of carbonyl (C=O) groups excluding carboxylic acids is 1. The van der Waals surface area contributed by atoms with E-state index >= 15 is 0 Å². The van der Waals surface area contributed by atoms with Gasteiger partial charge in [-0.15, -0.1) is 0 Å². The van der Waals surface area contributed by atoms with E-state index in [4.69, 9.17) is 9.47 Å². The Morgan fingerprint density at radius 1 is 1.29 bits per heavy atom. The van der Waals surface area contributed by atoms with Gasteiger partial charge in [0.1, 0.15) is 5.60 Å². The standard InChI is InChI=1S/C19H26N2O3/c1-2-23-17-12-16(19(17)8-5-9-24-19)21-18(22)20-15-10-13-6-3-4-7-14(13)11-15/h3-4,6-7,15-17H,2,5,8-12H2,1H3,(H2,20,21,22)/t16-,17-,19+/m1/s1. The minimum absolute atomic E-state index is 0.0559. The third-order valence-corrected chi connectivity index (χ3v) is 5.73. The molecule has 0 radical (unpaired) electrons. The van der Waals surface area contributed by atoms with Gasteiger partial charge in [0, 0.05) is 19.3 Å². The van der Waals surface area contributed by atoms with Crippen LogP contribution in [0.15, 0.2) is 24.3 Å². The summed E-state index contributed by atoms with van der Waals surface area (Å²) >= 11 is 0. The molecule has 3 aliphatic rings. The maximum atomic E-state index is 12.4. The highest BCUT2D eigenvalue weighted by Crippen LogP contribution is 2.45. The topological polar surface area (TPSA) is 59.6 Å². The second-order valence-corrected chi connectivity index (χ2v) is 7.13. The van der Waals surface area contributed by atoms with Crippen molar-refractivity contribution in [1.29, 1.82) is 0 Å². The Kier molecular flexibility index (Phi) is 4.22. The lowest BCUT2D eigenvalue weighted by Crippen LogP contribution is -2.70. The van der Waals surface area contributed by atoms with E-state index in [1.165, 1.54) is 11.1 Å². The van der Waals surface area contributed by atoms with Crippen LogP contribution < -0.4 is 10.6 Å². The first-order chi connectivity index (χ1) is 11.7. The Balaban J connectivity index is 1.32. The summed E-state index contributed by atoms with van der Waals surface area (Å²) in [4.78, 5) is 12.4. The number of fused-ring (bicyclic) bond motifs is 1. The molecule has 1 saturated carbocycles. The Bertz CT molecular complexity index is 587. The normalized spacial score (nSPS) is 31.7. The number of carbonyl (C=O) groups is 1. The van der Waals surface area contributed by atoms with E-state index in [-0.39, 0.29) is 29.8 Å². The van der Waals surface area contributed by atoms with Crippen LogP contribution in [0, 0.1) is 0 Å². The van der Waals surface area contributed by atoms with Crippen LogP contribution in [0.1, 0.15) is 37.3 Å². The third kappa shape index (κ3) is 2.70. The highest BCUT2D eigenvalue weighted by atomic mass is 16.6. The average Bonchev–Trinajstić information content (AvgIpc) is 3.22. The van der Waals surface area contributed by atoms with Gasteiger partial charge in [-0.05, 0) is 50.2 Å². The van der Waals surface area contributed by atoms with Crippen molar-refractivity contribution in [2.45, 2.75) is 62.8 Å². The zero-order valence-electron chi connectivity index (χ0n) is 14.2. The highest BCUT2D eigenvalue weighted by molar-refractivity contribution is 5.75. The minimum atomic E-state index is -0.300. The quantitative estimate of drug-likeness (QED) is 0.889. The number of urea groups is 1. The summed E-state index contributed by atoms with van der Waals surface area (Å²) in [6, 6.07) is 8.58. The van der Waals surface area contributed by atoms with Gasteiger partial charge >= 0.3 is 6.03 Å². The first kappa shape index (κ1) is 15.9. The molecule has 1 aromatic carbocycles. The Morgan fingerprint density at radius 2 is 2.04 bits per heavy atom. The van der Waals surface area contributed by atoms with Gasteiger partial charge < -0.3 is 20.1 Å². The van der Waals surface area contributed by atoms with Gasteiger partial charge in [-0.1, -0.05) is 24.3 Å². The molecule has 0 aromatic heterocycles. The molecule has 130 valence electrons. The van der Waals surface area contributed by atoms with Crippen molar-refractivity contribution in [3.63, 3.8) is 0 Å². The molecule has 2 amide bonds. The highest BCUT2D eigenvalue weighted by Gasteiger charge is 2.59. The fourth-order valence-corrected chi connectivity index (χ4v) is 4.53. The zero-order valence-corrected chi connectivity index (χ0v) is 14.2. The summed E-state index contributed by atoms with van der Waals surface area (Å²) in [5.74, 6) is 0. The van der Waals surface area contributed by atoms with Crippen molar-refractivity contribution < 1.29 is 14.3 Å². The predicted molar refractivity (Wildman–Crippen MR) is 91.0 cm³/mol. The second kappa shape index (κ2) is 6.37. The average molecular weight is 330 g/mol. The van der Waals surface area contributed by atoms with Crippen molar-refractivity contribution >= 4 is 6.03 Å². The lowest BCUT2D eigenvalue weighted by Gasteiger charge is -2.52. The van der Waals surface area contributed by atoms with Crippen LogP contribution in [-0.4, -0.2) is 43.0 Å². The van der Waals surface area contributed by atoms with Crippen LogP contribution in [0.25, 0.3) is 0 Å². The molecular weight excluding hydrogens is 304 g/mol. The monoisotopic (exact) mass is 330 g/mol. The number of amides is 2. The molecule has 4 rings (SSSR count). The molecule has 3 atom stereocenters. The first-order valence-electron chi connectivity index (χ1n) is 9.10. The third-order valence-electron chi connectivity index (χ3n) is 5.73. The lowest BCUT2D eigenvalue weighted by atomic mass is 9.70. The molecule has 5 nitrogen and oxygen atoms in total. The van der Waals surface area contributed by atoms with Crippen molar-refractivity contribution in [2.75, 3.05) is 13.2 Å². The summed E-state index contributed by atoms with van der Waals surface area (Å²) in [6.07, 6.45) is 4.80. The molecule has 1 aromatic rings. The molecule has 1 aliphatic heterocycles. The van der Waals surface area contributed by atoms with Gasteiger partial charge in [0.25, 0.3) is 0 Å². The maximum absolute atomic E-state index is 12.4. The summed E-state index contributed by atoms with van der Waals surface area (Å²) in [7, 11) is 0. The molecule has 1 heterocycles. The van der Waals surface area contributed by atoms with Crippen LogP contribution in [0.4, 0.5) is 4.79 Å². The van der Waals surface area contributed by atoms with Crippen molar-refractivity contribution in [1.82, 2.24) is 10.6 Å². The van der Waals surface area contributed by atoms with Gasteiger partial charge in [-0.2, -0.15) is 0 Å². The Labute approximate surface area is 143 Å². The number of hydrogen-bond acceptors (Lipinski definition) is 3. The van der Waals surface area contributed by atoms with Gasteiger partial charge in [-0.3, -0.25) is 0 Å². The number of rotatable bonds is 4. The van der Waals surface area contributed by atoms with Crippen molar-refractivity contribution in [3.05, 3.63) is 35.4 Å². The van der Waals surface area contributed by atoms with Crippen LogP contribution in [0.5, 0.6) is 0 Å². The maximum Gasteiger partial charge on any atom is 0.315 e. The molecule has 5 heteroatoms. The largest absolute Gasteiger partial charge is 0.375 e. The number of benzene rings is 1. The van der Waals surface area contributed by atoms with E-state index in [1.807, 2.05) is 6.92 Å². The number of nitrogens with one attached hydrogen (secondary N) is 2. The van der Waals surface area contributed by atoms with E-state index in [9.17, 15) is 4.79 Å². The predicted octanol–water partition coefficient (Wildman–Crippen LogP) is 2.18. The lowest BCUT2D eigenvalue weighted by molar-refractivity contribution is -0.194. The fourth-order valence-electron chi connectivity index (χ4n) is 4.53. The van der Waals surface area contributed by atoms with Gasteiger partial charge in [0.15, 0.2) is 0 Å². The minimum Gasteiger partial charge on any atom is -0.375 e. The van der Waals surface area contributed by atoms with E-state index < -0.39 is 0 Å². The zero-order chi connectivity index (χ0) is 16.6. The van der Waals surface area contributed by atoms with E-state index in [2.05, 4.69) is 34.9 Å². The second-order valence-electron chi connectivity index (χ2n) is 7.13. The van der Waals surface area contributed by atoms with Crippen molar-refractivity contribution in [2.24, 2.45) is 0 Å². The molecule has 2 aliphatic carbocycles. The summed E-state index contributed by atoms with van der Waals surface area (Å²) in [5.41, 5.74) is 2.39. The van der Waals surface area contributed by atoms with Gasteiger partial charge in [0.05, 0.1) is 12.1 Å². The molecule has 0 unspecified atom stereocenters. The summed E-state index contributed by atoms with van der Waals surface area (Å²) in [5, 5.41) is 6.27. The number of hydrogen-bond donors (Lipinski definition) is 2. The molecule has 1 spiro atoms. The molecule has 0 bridgehead atoms. The van der Waals surface area contributed by atoms with E-state index in [0.29, 0.717) is 6.61 Å². The molecule has 1 saturated heterocycles. The SMILES string of the molecule is CCO[C@@H]1C[C@@H](NC(=O)NC2Cc3ccccc3C2)[C@@]12CCCO2. The van der Waals surface area contributed by atoms with Crippen molar-refractivity contribution in [3.8, 4) is 0 Å². The smallest absolute Gasteiger partial charge is 0.315 e. The van der Waals surface area contributed by atoms with Crippen LogP contribution in [-0.2, 0) is 22.3 Å². The molecular formula is C19H26N2O3. The van der Waals surface area contributed by atoms with Gasteiger partial charge in [0.2, 0.25) is 0 Å². The number of ether oxygens (including phenoxy) is 2. The molecule has 2 fully saturated rings. The van der Waals surface area contributed by atoms with Crippen LogP contribution in [0.3, 0.4) is 0 Å². The Hall–Kier alpha value is -1.59. The molecule has 24 heavy (non-hydrogen) atoms.